The van der Waals surface area contributed by atoms with Crippen LogP contribution in [0.15, 0.2) is 77.8 Å². The van der Waals surface area contributed by atoms with E-state index in [-0.39, 0.29) is 11.5 Å². The number of thioether (sulfide) groups is 1. The Balaban J connectivity index is 1.33. The number of aromatic nitrogens is 1. The molecule has 0 unspecified atom stereocenters. The number of anilines is 1. The van der Waals surface area contributed by atoms with E-state index in [0.717, 1.165) is 33.2 Å². The largest absolute Gasteiger partial charge is 0.478 e. The Morgan fingerprint density at radius 2 is 1.89 bits per heavy atom. The molecule has 4 N–H and O–H groups in total. The topological polar surface area (TPSA) is 99.4 Å². The molecule has 2 heterocycles. The number of thiocarbonyl (C=S) groups is 1. The van der Waals surface area contributed by atoms with E-state index in [1.165, 1.54) is 11.8 Å². The van der Waals surface area contributed by atoms with Crippen molar-refractivity contribution in [3.63, 3.8) is 0 Å². The van der Waals surface area contributed by atoms with E-state index in [4.69, 9.17) is 23.1 Å². The number of nitrogens with two attached hydrogens (primary N) is 1. The fraction of sp³-hybridized carbons (Fsp3) is 0.0741. The monoisotopic (exact) mass is 499 g/mol. The van der Waals surface area contributed by atoms with Crippen molar-refractivity contribution in [2.75, 3.05) is 12.3 Å². The highest BCUT2D eigenvalue weighted by atomic mass is 32.2. The number of carboxylic acid groups (broad SMARTS) is 1. The Labute approximate surface area is 211 Å². The minimum absolute atomic E-state index is 0.120. The Kier molecular flexibility index (Phi) is 6.15. The summed E-state index contributed by atoms with van der Waals surface area (Å²) in [6.45, 7) is 0.435. The third-order valence-corrected chi connectivity index (χ3v) is 7.28. The lowest BCUT2D eigenvalue weighted by atomic mass is 10.0. The Hall–Kier alpha value is -3.88. The predicted octanol–water partition coefficient (Wildman–Crippen LogP) is 5.56. The van der Waals surface area contributed by atoms with Gasteiger partial charge in [-0.15, -0.1) is 0 Å². The van der Waals surface area contributed by atoms with Crippen LogP contribution < -0.4 is 5.73 Å². The average molecular weight is 500 g/mol. The third kappa shape index (κ3) is 4.71. The molecule has 5 rings (SSSR count). The second-order valence-electron chi connectivity index (χ2n) is 8.22. The van der Waals surface area contributed by atoms with Gasteiger partial charge < -0.3 is 15.8 Å². The van der Waals surface area contributed by atoms with Crippen LogP contribution in [0.2, 0.25) is 0 Å². The van der Waals surface area contributed by atoms with Crippen LogP contribution in [0.25, 0.3) is 28.1 Å². The van der Waals surface area contributed by atoms with Gasteiger partial charge in [0.05, 0.1) is 21.7 Å². The quantitative estimate of drug-likeness (QED) is 0.183. The predicted molar refractivity (Wildman–Crippen MR) is 145 cm³/mol. The van der Waals surface area contributed by atoms with Crippen LogP contribution >= 0.6 is 24.0 Å². The first-order chi connectivity index (χ1) is 16.9. The molecule has 0 aliphatic carbocycles. The van der Waals surface area contributed by atoms with Crippen LogP contribution in [0.1, 0.15) is 21.5 Å². The van der Waals surface area contributed by atoms with Crippen molar-refractivity contribution in [1.29, 1.82) is 0 Å². The van der Waals surface area contributed by atoms with Gasteiger partial charge in [0.2, 0.25) is 0 Å². The highest BCUT2D eigenvalue weighted by Gasteiger charge is 2.31. The number of hydrogen-bond donors (Lipinski definition) is 3. The number of fused-ring (bicyclic) bond motifs is 1. The number of H-pyrrole nitrogens is 1. The number of nitrogens with one attached hydrogen (secondary N) is 1. The number of benzene rings is 3. The second-order valence-corrected chi connectivity index (χ2v) is 9.89. The van der Waals surface area contributed by atoms with Gasteiger partial charge in [0.15, 0.2) is 0 Å². The Bertz CT molecular complexity index is 1510. The zero-order chi connectivity index (χ0) is 24.5. The van der Waals surface area contributed by atoms with Gasteiger partial charge in [-0.05, 0) is 71.1 Å². The molecule has 0 bridgehead atoms. The molecule has 0 spiro atoms. The van der Waals surface area contributed by atoms with Gasteiger partial charge >= 0.3 is 5.97 Å². The van der Waals surface area contributed by atoms with E-state index in [9.17, 15) is 9.59 Å². The average Bonchev–Trinajstić information content (AvgIpc) is 3.43. The summed E-state index contributed by atoms with van der Waals surface area (Å²) in [5.74, 6) is -1.08. The van der Waals surface area contributed by atoms with Crippen molar-refractivity contribution in [3.8, 4) is 11.1 Å². The van der Waals surface area contributed by atoms with Gasteiger partial charge in [0.25, 0.3) is 5.91 Å². The van der Waals surface area contributed by atoms with E-state index in [1.807, 2.05) is 48.7 Å². The second kappa shape index (κ2) is 9.40. The number of aromatic amines is 1. The molecule has 1 fully saturated rings. The highest BCUT2D eigenvalue weighted by molar-refractivity contribution is 8.26. The number of carboxylic acids is 1. The molecule has 1 amide bonds. The summed E-state index contributed by atoms with van der Waals surface area (Å²) in [6.07, 6.45) is 4.31. The molecule has 3 aromatic carbocycles. The first-order valence-electron chi connectivity index (χ1n) is 10.9. The minimum Gasteiger partial charge on any atom is -0.478 e. The first-order valence-corrected chi connectivity index (χ1v) is 12.2. The molecular weight excluding hydrogens is 478 g/mol. The molecule has 1 aromatic heterocycles. The Morgan fingerprint density at radius 3 is 2.66 bits per heavy atom. The van der Waals surface area contributed by atoms with Crippen LogP contribution in [-0.4, -0.2) is 37.7 Å². The highest BCUT2D eigenvalue weighted by Crippen LogP contribution is 2.34. The van der Waals surface area contributed by atoms with Gasteiger partial charge in [-0.3, -0.25) is 9.69 Å². The van der Waals surface area contributed by atoms with E-state index >= 15 is 0 Å². The zero-order valence-electron chi connectivity index (χ0n) is 18.5. The third-order valence-electron chi connectivity index (χ3n) is 5.91. The number of amides is 1. The number of carbonyl (C=O) groups is 2. The van der Waals surface area contributed by atoms with E-state index in [2.05, 4.69) is 11.1 Å². The van der Waals surface area contributed by atoms with Gasteiger partial charge in [-0.2, -0.15) is 0 Å². The molecule has 0 saturated carbocycles. The van der Waals surface area contributed by atoms with Gasteiger partial charge in [-0.1, -0.05) is 54.3 Å². The van der Waals surface area contributed by atoms with Crippen molar-refractivity contribution in [2.45, 2.75) is 6.42 Å². The van der Waals surface area contributed by atoms with E-state index in [1.54, 1.807) is 29.2 Å². The minimum atomic E-state index is -0.962. The number of nitrogens with zero attached hydrogens (tertiary/aromatic N) is 1. The lowest BCUT2D eigenvalue weighted by Crippen LogP contribution is -2.30. The summed E-state index contributed by atoms with van der Waals surface area (Å²) < 4.78 is 0.519. The van der Waals surface area contributed by atoms with Crippen LogP contribution in [0.5, 0.6) is 0 Å². The smallest absolute Gasteiger partial charge is 0.335 e. The first kappa shape index (κ1) is 22.9. The van der Waals surface area contributed by atoms with Crippen LogP contribution in [0.3, 0.4) is 0 Å². The molecule has 8 heteroatoms. The number of nitrogen functional groups attached to an aromatic ring is 1. The lowest BCUT2D eigenvalue weighted by Gasteiger charge is -2.14. The van der Waals surface area contributed by atoms with Gasteiger partial charge in [-0.25, -0.2) is 4.79 Å². The Morgan fingerprint density at radius 1 is 1.09 bits per heavy atom. The zero-order valence-corrected chi connectivity index (χ0v) is 20.2. The lowest BCUT2D eigenvalue weighted by molar-refractivity contribution is -0.122. The summed E-state index contributed by atoms with van der Waals surface area (Å²) >= 11 is 6.76. The fourth-order valence-corrected chi connectivity index (χ4v) is 5.38. The summed E-state index contributed by atoms with van der Waals surface area (Å²) in [6, 6.07) is 20.6. The summed E-state index contributed by atoms with van der Waals surface area (Å²) in [5.41, 5.74) is 11.9. The standard InChI is InChI=1S/C27H21N3O3S2/c28-22-15-21(14-20-8-10-29-24(20)22)19-3-1-2-17(12-19)13-23-25(31)30(27(34)35-23)11-9-16-4-6-18(7-5-16)26(32)33/h1-8,10,12-15,29H,9,11,28H2,(H,32,33)/b23-13-. The molecule has 35 heavy (non-hydrogen) atoms. The number of carbonyl (C=O) groups excluding carboxylic acids is 1. The molecule has 4 aromatic rings. The van der Waals surface area contributed by atoms with Crippen molar-refractivity contribution < 1.29 is 14.7 Å². The maximum Gasteiger partial charge on any atom is 0.335 e. The van der Waals surface area contributed by atoms with Crippen molar-refractivity contribution in [2.24, 2.45) is 0 Å². The maximum atomic E-state index is 13.1. The van der Waals surface area contributed by atoms with Crippen molar-refractivity contribution in [3.05, 3.63) is 94.5 Å². The summed E-state index contributed by atoms with van der Waals surface area (Å²) in [7, 11) is 0. The molecule has 0 atom stereocenters. The molecule has 0 radical (unpaired) electrons. The van der Waals surface area contributed by atoms with Crippen LogP contribution in [0, 0.1) is 0 Å². The van der Waals surface area contributed by atoms with Crippen molar-refractivity contribution >= 4 is 62.8 Å². The van der Waals surface area contributed by atoms with Crippen molar-refractivity contribution in [1.82, 2.24) is 9.88 Å². The molecule has 174 valence electrons. The molecule has 1 aliphatic rings. The number of rotatable bonds is 6. The molecule has 1 saturated heterocycles. The van der Waals surface area contributed by atoms with Gasteiger partial charge in [0, 0.05) is 18.1 Å². The molecular formula is C27H21N3O3S2. The van der Waals surface area contributed by atoms with E-state index in [0.29, 0.717) is 27.9 Å². The van der Waals surface area contributed by atoms with Crippen LogP contribution in [-0.2, 0) is 11.2 Å². The fourth-order valence-electron chi connectivity index (χ4n) is 4.07. The number of hydrogen-bond acceptors (Lipinski definition) is 5. The SMILES string of the molecule is Nc1cc(-c2cccc(/C=C3\SC(=S)N(CCc4ccc(C(=O)O)cc4)C3=O)c2)cc2cc[nH]c12. The van der Waals surface area contributed by atoms with E-state index < -0.39 is 5.97 Å². The summed E-state index contributed by atoms with van der Waals surface area (Å²) in [5, 5.41) is 10.1. The number of aromatic carboxylic acids is 1. The maximum absolute atomic E-state index is 13.1. The van der Waals surface area contributed by atoms with Gasteiger partial charge in [0.1, 0.15) is 4.32 Å². The summed E-state index contributed by atoms with van der Waals surface area (Å²) in [4.78, 5) is 29.4. The molecule has 6 nitrogen and oxygen atoms in total. The van der Waals surface area contributed by atoms with Crippen LogP contribution in [0.4, 0.5) is 5.69 Å². The molecule has 1 aliphatic heterocycles. The normalized spacial score (nSPS) is 14.9.